The van der Waals surface area contributed by atoms with E-state index < -0.39 is 4.92 Å². The second kappa shape index (κ2) is 10.3. The maximum absolute atomic E-state index is 13.0. The number of rotatable bonds is 9. The Morgan fingerprint density at radius 2 is 1.66 bits per heavy atom. The Morgan fingerprint density at radius 1 is 1.00 bits per heavy atom. The molecule has 3 aromatic carbocycles. The molecule has 0 saturated heterocycles. The molecule has 0 saturated carbocycles. The van der Waals surface area contributed by atoms with Gasteiger partial charge < -0.3 is 19.7 Å². The number of nitro groups is 1. The van der Waals surface area contributed by atoms with Crippen LogP contribution in [0.5, 0.6) is 11.5 Å². The highest BCUT2D eigenvalue weighted by molar-refractivity contribution is 5.95. The molecule has 3 aromatic rings. The summed E-state index contributed by atoms with van der Waals surface area (Å²) in [6.45, 7) is 3.52. The van der Waals surface area contributed by atoms with Crippen molar-refractivity contribution in [3.8, 4) is 11.5 Å². The summed E-state index contributed by atoms with van der Waals surface area (Å²) in [6.07, 6.45) is 0. The van der Waals surface area contributed by atoms with Crippen molar-refractivity contribution in [1.29, 1.82) is 0 Å². The van der Waals surface area contributed by atoms with Gasteiger partial charge >= 0.3 is 0 Å². The lowest BCUT2D eigenvalue weighted by molar-refractivity contribution is -0.385. The number of nitro benzene ring substituents is 1. The number of non-ortho nitro benzene ring substituents is 1. The van der Waals surface area contributed by atoms with Crippen molar-refractivity contribution in [3.05, 3.63) is 82.9 Å². The van der Waals surface area contributed by atoms with Crippen molar-refractivity contribution in [3.63, 3.8) is 0 Å². The minimum absolute atomic E-state index is 0.119. The SMILES string of the molecule is COc1ccc([N+](=O)[O-])cc1OCC(=O)N(c1ccc(Nc2ccccc2)cc1)C(C)C. The first kappa shape index (κ1) is 22.6. The number of carbonyl (C=O) groups excluding carboxylic acids is 1. The highest BCUT2D eigenvalue weighted by Crippen LogP contribution is 2.31. The normalized spacial score (nSPS) is 10.5. The molecule has 0 spiro atoms. The molecule has 166 valence electrons. The smallest absolute Gasteiger partial charge is 0.273 e. The van der Waals surface area contributed by atoms with Gasteiger partial charge in [0.1, 0.15) is 0 Å². The van der Waals surface area contributed by atoms with E-state index in [4.69, 9.17) is 9.47 Å². The summed E-state index contributed by atoms with van der Waals surface area (Å²) in [5.41, 5.74) is 2.44. The Bertz CT molecular complexity index is 1070. The summed E-state index contributed by atoms with van der Waals surface area (Å²) in [4.78, 5) is 25.1. The Kier molecular flexibility index (Phi) is 7.28. The third-order valence-corrected chi connectivity index (χ3v) is 4.70. The van der Waals surface area contributed by atoms with E-state index in [1.807, 2.05) is 68.4 Å². The van der Waals surface area contributed by atoms with E-state index in [1.54, 1.807) is 4.90 Å². The molecule has 0 aromatic heterocycles. The second-order valence-corrected chi connectivity index (χ2v) is 7.28. The van der Waals surface area contributed by atoms with Gasteiger partial charge in [-0.15, -0.1) is 0 Å². The Balaban J connectivity index is 1.72. The maximum atomic E-state index is 13.0. The van der Waals surface area contributed by atoms with E-state index in [0.717, 1.165) is 17.1 Å². The van der Waals surface area contributed by atoms with Crippen molar-refractivity contribution >= 4 is 28.7 Å². The Morgan fingerprint density at radius 3 is 2.25 bits per heavy atom. The fourth-order valence-corrected chi connectivity index (χ4v) is 3.22. The van der Waals surface area contributed by atoms with Gasteiger partial charge in [0.2, 0.25) is 0 Å². The number of methoxy groups -OCH3 is 1. The van der Waals surface area contributed by atoms with Gasteiger partial charge in [0.25, 0.3) is 11.6 Å². The average Bonchev–Trinajstić information content (AvgIpc) is 2.79. The van der Waals surface area contributed by atoms with Crippen LogP contribution in [0, 0.1) is 10.1 Å². The van der Waals surface area contributed by atoms with Crippen LogP contribution < -0.4 is 19.7 Å². The second-order valence-electron chi connectivity index (χ2n) is 7.28. The van der Waals surface area contributed by atoms with E-state index in [1.165, 1.54) is 25.3 Å². The van der Waals surface area contributed by atoms with Crippen LogP contribution in [0.4, 0.5) is 22.7 Å². The standard InChI is InChI=1S/C24H25N3O5/c1-17(2)26(20-11-9-19(10-12-20)25-18-7-5-4-6-8-18)24(28)16-32-23-15-21(27(29)30)13-14-22(23)31-3/h4-15,17,25H,16H2,1-3H3. The van der Waals surface area contributed by atoms with Crippen molar-refractivity contribution in [2.24, 2.45) is 0 Å². The number of ether oxygens (including phenoxy) is 2. The van der Waals surface area contributed by atoms with E-state index >= 15 is 0 Å². The van der Waals surface area contributed by atoms with Crippen LogP contribution in [0.15, 0.2) is 72.8 Å². The van der Waals surface area contributed by atoms with Crippen LogP contribution in [0.1, 0.15) is 13.8 Å². The molecule has 0 heterocycles. The molecule has 0 radical (unpaired) electrons. The molecule has 0 unspecified atom stereocenters. The van der Waals surface area contributed by atoms with Crippen LogP contribution in [-0.4, -0.2) is 30.6 Å². The monoisotopic (exact) mass is 435 g/mol. The number of hydrogen-bond donors (Lipinski definition) is 1. The lowest BCUT2D eigenvalue weighted by Crippen LogP contribution is -2.40. The number of amides is 1. The van der Waals surface area contributed by atoms with Crippen LogP contribution in [0.3, 0.4) is 0 Å². The van der Waals surface area contributed by atoms with Crippen LogP contribution in [-0.2, 0) is 4.79 Å². The Labute approximate surface area is 186 Å². The first-order valence-electron chi connectivity index (χ1n) is 10.1. The fourth-order valence-electron chi connectivity index (χ4n) is 3.22. The fraction of sp³-hybridized carbons (Fsp3) is 0.208. The number of para-hydroxylation sites is 1. The van der Waals surface area contributed by atoms with Gasteiger partial charge in [-0.25, -0.2) is 0 Å². The summed E-state index contributed by atoms with van der Waals surface area (Å²) in [5, 5.41) is 14.4. The number of nitrogens with zero attached hydrogens (tertiary/aromatic N) is 2. The summed E-state index contributed by atoms with van der Waals surface area (Å²) >= 11 is 0. The molecule has 0 aliphatic carbocycles. The lowest BCUT2D eigenvalue weighted by atomic mass is 10.2. The van der Waals surface area contributed by atoms with Gasteiger partial charge in [0.15, 0.2) is 18.1 Å². The summed E-state index contributed by atoms with van der Waals surface area (Å²) < 4.78 is 10.8. The molecule has 0 bridgehead atoms. The van der Waals surface area contributed by atoms with Crippen LogP contribution in [0.2, 0.25) is 0 Å². The van der Waals surface area contributed by atoms with E-state index in [9.17, 15) is 14.9 Å². The minimum atomic E-state index is -0.528. The number of hydrogen-bond acceptors (Lipinski definition) is 6. The van der Waals surface area contributed by atoms with Gasteiger partial charge in [0, 0.05) is 29.2 Å². The highest BCUT2D eigenvalue weighted by atomic mass is 16.6. The summed E-state index contributed by atoms with van der Waals surface area (Å²) in [7, 11) is 1.43. The molecular formula is C24H25N3O5. The van der Waals surface area contributed by atoms with Gasteiger partial charge in [0.05, 0.1) is 18.1 Å². The van der Waals surface area contributed by atoms with Crippen LogP contribution >= 0.6 is 0 Å². The first-order chi connectivity index (χ1) is 15.4. The van der Waals surface area contributed by atoms with Gasteiger partial charge in [-0.2, -0.15) is 0 Å². The van der Waals surface area contributed by atoms with Crippen molar-refractivity contribution in [2.75, 3.05) is 23.9 Å². The predicted molar refractivity (Wildman–Crippen MR) is 124 cm³/mol. The largest absolute Gasteiger partial charge is 0.493 e. The summed E-state index contributed by atoms with van der Waals surface area (Å²) in [6, 6.07) is 21.2. The quantitative estimate of drug-likeness (QED) is 0.368. The third kappa shape index (κ3) is 5.54. The molecule has 0 aliphatic rings. The number of anilines is 3. The topological polar surface area (TPSA) is 93.9 Å². The minimum Gasteiger partial charge on any atom is -0.493 e. The lowest BCUT2D eigenvalue weighted by Gasteiger charge is -2.27. The molecular weight excluding hydrogens is 410 g/mol. The van der Waals surface area contributed by atoms with Gasteiger partial charge in [-0.3, -0.25) is 14.9 Å². The molecule has 8 nitrogen and oxygen atoms in total. The molecule has 1 amide bonds. The molecule has 0 fully saturated rings. The zero-order valence-electron chi connectivity index (χ0n) is 18.1. The average molecular weight is 435 g/mol. The Hall–Kier alpha value is -4.07. The molecule has 1 N–H and O–H groups in total. The van der Waals surface area contributed by atoms with Crippen LogP contribution in [0.25, 0.3) is 0 Å². The zero-order valence-corrected chi connectivity index (χ0v) is 18.1. The molecule has 8 heteroatoms. The van der Waals surface area contributed by atoms with Crippen molar-refractivity contribution in [1.82, 2.24) is 0 Å². The number of benzene rings is 3. The number of carbonyl (C=O) groups is 1. The highest BCUT2D eigenvalue weighted by Gasteiger charge is 2.21. The molecule has 32 heavy (non-hydrogen) atoms. The third-order valence-electron chi connectivity index (χ3n) is 4.70. The van der Waals surface area contributed by atoms with E-state index in [2.05, 4.69) is 5.32 Å². The number of nitrogens with one attached hydrogen (secondary N) is 1. The van der Waals surface area contributed by atoms with Gasteiger partial charge in [-0.1, -0.05) is 18.2 Å². The van der Waals surface area contributed by atoms with Crippen molar-refractivity contribution < 1.29 is 19.2 Å². The predicted octanol–water partition coefficient (Wildman–Crippen LogP) is 5.17. The molecule has 0 atom stereocenters. The zero-order chi connectivity index (χ0) is 23.1. The summed E-state index contributed by atoms with van der Waals surface area (Å²) in [5.74, 6) is 0.175. The van der Waals surface area contributed by atoms with Gasteiger partial charge in [-0.05, 0) is 56.3 Å². The molecule has 3 rings (SSSR count). The van der Waals surface area contributed by atoms with Crippen molar-refractivity contribution in [2.45, 2.75) is 19.9 Å². The molecule has 0 aliphatic heterocycles. The van der Waals surface area contributed by atoms with E-state index in [-0.39, 0.29) is 30.0 Å². The van der Waals surface area contributed by atoms with E-state index in [0.29, 0.717) is 5.75 Å². The first-order valence-corrected chi connectivity index (χ1v) is 10.1. The maximum Gasteiger partial charge on any atom is 0.273 e.